The lowest BCUT2D eigenvalue weighted by Crippen LogP contribution is -2.14. The van der Waals surface area contributed by atoms with E-state index in [2.05, 4.69) is 12.2 Å². The molecule has 0 aliphatic carbocycles. The van der Waals surface area contributed by atoms with E-state index < -0.39 is 0 Å². The van der Waals surface area contributed by atoms with Crippen LogP contribution in [0.15, 0.2) is 36.4 Å². The minimum atomic E-state index is -0.276. The Hall–Kier alpha value is -1.74. The van der Waals surface area contributed by atoms with E-state index in [0.717, 1.165) is 35.2 Å². The summed E-state index contributed by atoms with van der Waals surface area (Å²) in [6.07, 6.45) is 1.02. The van der Waals surface area contributed by atoms with Crippen molar-refractivity contribution in [2.24, 2.45) is 0 Å². The molecule has 0 aliphatic rings. The van der Waals surface area contributed by atoms with Gasteiger partial charge in [-0.2, -0.15) is 0 Å². The van der Waals surface area contributed by atoms with Crippen LogP contribution in [0, 0.1) is 18.6 Å². The first-order chi connectivity index (χ1) is 9.61. The second kappa shape index (κ2) is 6.62. The van der Waals surface area contributed by atoms with Crippen LogP contribution in [-0.4, -0.2) is 6.54 Å². The van der Waals surface area contributed by atoms with Crippen LogP contribution in [0.4, 0.5) is 8.78 Å². The van der Waals surface area contributed by atoms with Crippen molar-refractivity contribution in [3.63, 3.8) is 0 Å². The molecule has 2 aromatic carbocycles. The Bertz CT molecular complexity index is 594. The molecule has 0 bridgehead atoms. The molecule has 0 amide bonds. The van der Waals surface area contributed by atoms with Gasteiger partial charge in [-0.1, -0.05) is 19.1 Å². The third-order valence-electron chi connectivity index (χ3n) is 3.30. The lowest BCUT2D eigenvalue weighted by Gasteiger charge is -2.13. The minimum absolute atomic E-state index is 0.267. The van der Waals surface area contributed by atoms with Crippen molar-refractivity contribution in [1.82, 2.24) is 5.32 Å². The summed E-state index contributed by atoms with van der Waals surface area (Å²) in [6, 6.07) is 9.35. The van der Waals surface area contributed by atoms with Crippen molar-refractivity contribution in [3.05, 3.63) is 59.2 Å². The van der Waals surface area contributed by atoms with Gasteiger partial charge < -0.3 is 5.32 Å². The maximum Gasteiger partial charge on any atom is 0.123 e. The molecular formula is C17H19F2N. The zero-order valence-corrected chi connectivity index (χ0v) is 11.8. The van der Waals surface area contributed by atoms with Gasteiger partial charge in [0.05, 0.1) is 0 Å². The summed E-state index contributed by atoms with van der Waals surface area (Å²) in [4.78, 5) is 0. The molecule has 0 spiro atoms. The molecule has 0 fully saturated rings. The quantitative estimate of drug-likeness (QED) is 0.795. The first kappa shape index (κ1) is 14.7. The maximum atomic E-state index is 13.5. The predicted octanol–water partition coefficient (Wildman–Crippen LogP) is 4.44. The molecule has 0 saturated heterocycles. The fraction of sp³-hybridized carbons (Fsp3) is 0.294. The lowest BCUT2D eigenvalue weighted by molar-refractivity contribution is 0.619. The maximum absolute atomic E-state index is 13.5. The molecule has 0 aromatic heterocycles. The Kier molecular flexibility index (Phi) is 4.85. The monoisotopic (exact) mass is 275 g/mol. The van der Waals surface area contributed by atoms with Gasteiger partial charge in [0.25, 0.3) is 0 Å². The Labute approximate surface area is 118 Å². The zero-order valence-electron chi connectivity index (χ0n) is 11.8. The highest BCUT2D eigenvalue weighted by Gasteiger charge is 2.10. The smallest absolute Gasteiger partial charge is 0.123 e. The van der Waals surface area contributed by atoms with E-state index in [1.807, 2.05) is 6.92 Å². The van der Waals surface area contributed by atoms with Gasteiger partial charge in [0, 0.05) is 6.54 Å². The highest BCUT2D eigenvalue weighted by molar-refractivity contribution is 5.70. The van der Waals surface area contributed by atoms with Crippen molar-refractivity contribution in [1.29, 1.82) is 0 Å². The summed E-state index contributed by atoms with van der Waals surface area (Å²) < 4.78 is 26.9. The van der Waals surface area contributed by atoms with Gasteiger partial charge in [0.15, 0.2) is 0 Å². The Morgan fingerprint density at radius 1 is 0.950 bits per heavy atom. The standard InChI is InChI=1S/C17H19F2N/c1-3-8-20-11-13-9-14(18)6-7-16(13)17-10-15(19)5-4-12(17)2/h4-7,9-10,20H,3,8,11H2,1-2H3. The van der Waals surface area contributed by atoms with Crippen molar-refractivity contribution in [2.45, 2.75) is 26.8 Å². The van der Waals surface area contributed by atoms with Gasteiger partial charge in [0.2, 0.25) is 0 Å². The second-order valence-corrected chi connectivity index (χ2v) is 4.94. The van der Waals surface area contributed by atoms with Crippen LogP contribution >= 0.6 is 0 Å². The molecule has 0 atom stereocenters. The summed E-state index contributed by atoms with van der Waals surface area (Å²) >= 11 is 0. The Morgan fingerprint density at radius 2 is 1.65 bits per heavy atom. The van der Waals surface area contributed by atoms with E-state index in [-0.39, 0.29) is 11.6 Å². The fourth-order valence-corrected chi connectivity index (χ4v) is 2.26. The van der Waals surface area contributed by atoms with Crippen LogP contribution in [0.3, 0.4) is 0 Å². The highest BCUT2D eigenvalue weighted by Crippen LogP contribution is 2.28. The largest absolute Gasteiger partial charge is 0.313 e. The van der Waals surface area contributed by atoms with E-state index in [4.69, 9.17) is 0 Å². The van der Waals surface area contributed by atoms with E-state index in [0.29, 0.717) is 6.54 Å². The zero-order chi connectivity index (χ0) is 14.5. The topological polar surface area (TPSA) is 12.0 Å². The molecule has 1 nitrogen and oxygen atoms in total. The highest BCUT2D eigenvalue weighted by atomic mass is 19.1. The summed E-state index contributed by atoms with van der Waals surface area (Å²) in [5, 5.41) is 3.26. The number of aryl methyl sites for hydroxylation is 1. The van der Waals surface area contributed by atoms with Crippen LogP contribution in [0.2, 0.25) is 0 Å². The van der Waals surface area contributed by atoms with E-state index in [1.165, 1.54) is 24.3 Å². The van der Waals surface area contributed by atoms with E-state index >= 15 is 0 Å². The first-order valence-electron chi connectivity index (χ1n) is 6.87. The first-order valence-corrected chi connectivity index (χ1v) is 6.87. The number of nitrogens with one attached hydrogen (secondary N) is 1. The van der Waals surface area contributed by atoms with Crippen molar-refractivity contribution >= 4 is 0 Å². The van der Waals surface area contributed by atoms with Gasteiger partial charge in [0.1, 0.15) is 11.6 Å². The Balaban J connectivity index is 2.41. The third kappa shape index (κ3) is 3.42. The average molecular weight is 275 g/mol. The van der Waals surface area contributed by atoms with Crippen molar-refractivity contribution in [2.75, 3.05) is 6.54 Å². The van der Waals surface area contributed by atoms with Crippen LogP contribution in [0.25, 0.3) is 11.1 Å². The molecule has 2 rings (SSSR count). The fourth-order valence-electron chi connectivity index (χ4n) is 2.26. The molecule has 20 heavy (non-hydrogen) atoms. The predicted molar refractivity (Wildman–Crippen MR) is 78.5 cm³/mol. The van der Waals surface area contributed by atoms with Gasteiger partial charge >= 0.3 is 0 Å². The molecular weight excluding hydrogens is 256 g/mol. The molecule has 0 saturated carbocycles. The second-order valence-electron chi connectivity index (χ2n) is 4.94. The number of hydrogen-bond acceptors (Lipinski definition) is 1. The SMILES string of the molecule is CCCNCc1cc(F)ccc1-c1cc(F)ccc1C. The number of rotatable bonds is 5. The molecule has 0 aliphatic heterocycles. The van der Waals surface area contributed by atoms with Crippen LogP contribution in [0.5, 0.6) is 0 Å². The van der Waals surface area contributed by atoms with Crippen LogP contribution < -0.4 is 5.32 Å². The van der Waals surface area contributed by atoms with Gasteiger partial charge in [-0.05, 0) is 66.4 Å². The van der Waals surface area contributed by atoms with Crippen molar-refractivity contribution < 1.29 is 8.78 Å². The van der Waals surface area contributed by atoms with Crippen molar-refractivity contribution in [3.8, 4) is 11.1 Å². The third-order valence-corrected chi connectivity index (χ3v) is 3.30. The minimum Gasteiger partial charge on any atom is -0.313 e. The van der Waals surface area contributed by atoms with E-state index in [1.54, 1.807) is 12.1 Å². The summed E-state index contributed by atoms with van der Waals surface area (Å²) in [5.41, 5.74) is 3.53. The molecule has 1 N–H and O–H groups in total. The number of benzene rings is 2. The summed E-state index contributed by atoms with van der Waals surface area (Å²) in [5.74, 6) is -0.543. The molecule has 2 aromatic rings. The van der Waals surface area contributed by atoms with Crippen LogP contribution in [0.1, 0.15) is 24.5 Å². The Morgan fingerprint density at radius 3 is 2.40 bits per heavy atom. The molecule has 0 unspecified atom stereocenters. The van der Waals surface area contributed by atoms with Gasteiger partial charge in [-0.25, -0.2) is 8.78 Å². The average Bonchev–Trinajstić information content (AvgIpc) is 2.42. The van der Waals surface area contributed by atoms with Gasteiger partial charge in [-0.15, -0.1) is 0 Å². The lowest BCUT2D eigenvalue weighted by atomic mass is 9.95. The number of halogens is 2. The number of hydrogen-bond donors (Lipinski definition) is 1. The van der Waals surface area contributed by atoms with Gasteiger partial charge in [-0.3, -0.25) is 0 Å². The normalized spacial score (nSPS) is 10.8. The molecule has 106 valence electrons. The van der Waals surface area contributed by atoms with E-state index in [9.17, 15) is 8.78 Å². The molecule has 0 heterocycles. The molecule has 3 heteroatoms. The molecule has 0 radical (unpaired) electrons. The van der Waals surface area contributed by atoms with Crippen LogP contribution in [-0.2, 0) is 6.54 Å². The summed E-state index contributed by atoms with van der Waals surface area (Å²) in [6.45, 7) is 5.46. The summed E-state index contributed by atoms with van der Waals surface area (Å²) in [7, 11) is 0.